The first-order valence-corrected chi connectivity index (χ1v) is 7.04. The number of aromatic nitrogens is 2. The summed E-state index contributed by atoms with van der Waals surface area (Å²) in [5.41, 5.74) is 1.30. The fourth-order valence-electron chi connectivity index (χ4n) is 2.61. The minimum absolute atomic E-state index is 0.179. The molecular weight excluding hydrogens is 259 g/mol. The SMILES string of the molecule is O=C(O)CCCCc1nc2c(F)cccc2n1C1CC1. The third kappa shape index (κ3) is 2.53. The third-order valence-corrected chi connectivity index (χ3v) is 3.70. The fraction of sp³-hybridized carbons (Fsp3) is 0.467. The van der Waals surface area contributed by atoms with Crippen molar-refractivity contribution in [3.05, 3.63) is 29.8 Å². The maximum absolute atomic E-state index is 13.8. The molecule has 106 valence electrons. The van der Waals surface area contributed by atoms with Crippen molar-refractivity contribution in [2.24, 2.45) is 0 Å². The van der Waals surface area contributed by atoms with E-state index >= 15 is 0 Å². The highest BCUT2D eigenvalue weighted by molar-refractivity contribution is 5.77. The van der Waals surface area contributed by atoms with E-state index in [4.69, 9.17) is 5.11 Å². The average molecular weight is 276 g/mol. The molecule has 3 rings (SSSR count). The number of para-hydroxylation sites is 1. The van der Waals surface area contributed by atoms with E-state index in [2.05, 4.69) is 9.55 Å². The topological polar surface area (TPSA) is 55.1 Å². The van der Waals surface area contributed by atoms with Gasteiger partial charge in [0, 0.05) is 18.9 Å². The van der Waals surface area contributed by atoms with Gasteiger partial charge in [-0.25, -0.2) is 9.37 Å². The van der Waals surface area contributed by atoms with Crippen LogP contribution in [0.1, 0.15) is 44.0 Å². The van der Waals surface area contributed by atoms with Gasteiger partial charge in [-0.15, -0.1) is 0 Å². The lowest BCUT2D eigenvalue weighted by molar-refractivity contribution is -0.137. The molecular formula is C15H17FN2O2. The summed E-state index contributed by atoms with van der Waals surface area (Å²) in [5, 5.41) is 8.64. The van der Waals surface area contributed by atoms with Crippen LogP contribution in [0.3, 0.4) is 0 Å². The lowest BCUT2D eigenvalue weighted by atomic mass is 10.2. The highest BCUT2D eigenvalue weighted by atomic mass is 19.1. The second-order valence-electron chi connectivity index (χ2n) is 5.34. The highest BCUT2D eigenvalue weighted by Gasteiger charge is 2.28. The van der Waals surface area contributed by atoms with Crippen LogP contribution in [0.2, 0.25) is 0 Å². The van der Waals surface area contributed by atoms with Crippen LogP contribution in [0.25, 0.3) is 11.0 Å². The Morgan fingerprint density at radius 2 is 2.20 bits per heavy atom. The molecule has 1 aliphatic rings. The van der Waals surface area contributed by atoms with E-state index in [1.807, 2.05) is 6.07 Å². The number of rotatable bonds is 6. The highest BCUT2D eigenvalue weighted by Crippen LogP contribution is 2.39. The first-order chi connectivity index (χ1) is 9.66. The molecule has 0 unspecified atom stereocenters. The molecule has 0 aliphatic heterocycles. The molecule has 4 nitrogen and oxygen atoms in total. The molecule has 0 saturated heterocycles. The largest absolute Gasteiger partial charge is 0.481 e. The summed E-state index contributed by atoms with van der Waals surface area (Å²) in [6, 6.07) is 5.49. The summed E-state index contributed by atoms with van der Waals surface area (Å²) in [5.74, 6) is -0.168. The van der Waals surface area contributed by atoms with E-state index in [0.29, 0.717) is 24.4 Å². The average Bonchev–Trinajstić information content (AvgIpc) is 3.16. The maximum Gasteiger partial charge on any atom is 0.303 e. The van der Waals surface area contributed by atoms with Gasteiger partial charge in [0.15, 0.2) is 5.82 Å². The second-order valence-corrected chi connectivity index (χ2v) is 5.34. The van der Waals surface area contributed by atoms with Gasteiger partial charge >= 0.3 is 5.97 Å². The lowest BCUT2D eigenvalue weighted by Gasteiger charge is -2.07. The zero-order valence-electron chi connectivity index (χ0n) is 11.2. The standard InChI is InChI=1S/C15H17FN2O2/c16-11-4-3-5-12-15(11)17-13(18(12)10-8-9-10)6-1-2-7-14(19)20/h3-5,10H,1-2,6-9H2,(H,19,20). The molecule has 0 bridgehead atoms. The number of imidazole rings is 1. The van der Waals surface area contributed by atoms with Gasteiger partial charge < -0.3 is 9.67 Å². The Balaban J connectivity index is 1.84. The van der Waals surface area contributed by atoms with Crippen LogP contribution in [0.4, 0.5) is 4.39 Å². The van der Waals surface area contributed by atoms with Crippen LogP contribution in [0.15, 0.2) is 18.2 Å². The van der Waals surface area contributed by atoms with E-state index in [1.165, 1.54) is 6.07 Å². The Kier molecular flexibility index (Phi) is 3.42. The van der Waals surface area contributed by atoms with Crippen molar-refractivity contribution in [1.82, 2.24) is 9.55 Å². The molecule has 1 aromatic heterocycles. The molecule has 1 aromatic carbocycles. The zero-order valence-corrected chi connectivity index (χ0v) is 11.2. The van der Waals surface area contributed by atoms with Gasteiger partial charge in [-0.3, -0.25) is 4.79 Å². The molecule has 1 saturated carbocycles. The first-order valence-electron chi connectivity index (χ1n) is 7.04. The van der Waals surface area contributed by atoms with Crippen LogP contribution >= 0.6 is 0 Å². The maximum atomic E-state index is 13.8. The number of carboxylic acid groups (broad SMARTS) is 1. The van der Waals surface area contributed by atoms with Crippen molar-refractivity contribution in [2.45, 2.75) is 44.6 Å². The number of hydrogen-bond donors (Lipinski definition) is 1. The van der Waals surface area contributed by atoms with Crippen LogP contribution in [0, 0.1) is 5.82 Å². The molecule has 0 spiro atoms. The predicted octanol–water partition coefficient (Wildman–Crippen LogP) is 3.31. The van der Waals surface area contributed by atoms with Gasteiger partial charge in [-0.2, -0.15) is 0 Å². The molecule has 1 N–H and O–H groups in total. The Labute approximate surface area is 116 Å². The molecule has 0 atom stereocenters. The van der Waals surface area contributed by atoms with Crippen molar-refractivity contribution in [3.63, 3.8) is 0 Å². The Bertz CT molecular complexity index is 647. The van der Waals surface area contributed by atoms with Crippen molar-refractivity contribution < 1.29 is 14.3 Å². The van der Waals surface area contributed by atoms with Gasteiger partial charge in [-0.05, 0) is 37.8 Å². The van der Waals surface area contributed by atoms with Crippen LogP contribution < -0.4 is 0 Å². The zero-order chi connectivity index (χ0) is 14.1. The quantitative estimate of drug-likeness (QED) is 0.823. The molecule has 5 heteroatoms. The van der Waals surface area contributed by atoms with E-state index in [1.54, 1.807) is 6.07 Å². The Morgan fingerprint density at radius 3 is 2.90 bits per heavy atom. The van der Waals surface area contributed by atoms with Gasteiger partial charge in [0.25, 0.3) is 0 Å². The minimum Gasteiger partial charge on any atom is -0.481 e. The summed E-state index contributed by atoms with van der Waals surface area (Å²) in [6.07, 6.45) is 4.51. The number of benzene rings is 1. The Hall–Kier alpha value is -1.91. The van der Waals surface area contributed by atoms with E-state index < -0.39 is 5.97 Å². The number of fused-ring (bicyclic) bond motifs is 1. The number of unbranched alkanes of at least 4 members (excludes halogenated alkanes) is 1. The third-order valence-electron chi connectivity index (χ3n) is 3.70. The normalized spacial score (nSPS) is 14.8. The summed E-state index contributed by atoms with van der Waals surface area (Å²) in [7, 11) is 0. The number of carboxylic acids is 1. The van der Waals surface area contributed by atoms with Crippen LogP contribution in [-0.2, 0) is 11.2 Å². The summed E-state index contributed by atoms with van der Waals surface area (Å²) in [4.78, 5) is 14.9. The van der Waals surface area contributed by atoms with Crippen LogP contribution in [0.5, 0.6) is 0 Å². The Morgan fingerprint density at radius 1 is 1.40 bits per heavy atom. The molecule has 20 heavy (non-hydrogen) atoms. The number of nitrogens with zero attached hydrogens (tertiary/aromatic N) is 2. The molecule has 0 radical (unpaired) electrons. The van der Waals surface area contributed by atoms with Crippen molar-refractivity contribution in [1.29, 1.82) is 0 Å². The van der Waals surface area contributed by atoms with Gasteiger partial charge in [0.1, 0.15) is 11.3 Å². The number of aliphatic carboxylic acids is 1. The molecule has 1 aliphatic carbocycles. The van der Waals surface area contributed by atoms with Crippen molar-refractivity contribution in [2.75, 3.05) is 0 Å². The molecule has 0 amide bonds. The van der Waals surface area contributed by atoms with Crippen molar-refractivity contribution >= 4 is 17.0 Å². The fourth-order valence-corrected chi connectivity index (χ4v) is 2.61. The predicted molar refractivity (Wildman–Crippen MR) is 73.2 cm³/mol. The van der Waals surface area contributed by atoms with E-state index in [0.717, 1.165) is 30.6 Å². The van der Waals surface area contributed by atoms with E-state index in [9.17, 15) is 9.18 Å². The van der Waals surface area contributed by atoms with Crippen molar-refractivity contribution in [3.8, 4) is 0 Å². The summed E-state index contributed by atoms with van der Waals surface area (Å²) >= 11 is 0. The van der Waals surface area contributed by atoms with Gasteiger partial charge in [-0.1, -0.05) is 6.07 Å². The minimum atomic E-state index is -0.772. The monoisotopic (exact) mass is 276 g/mol. The first kappa shape index (κ1) is 13.1. The second kappa shape index (κ2) is 5.23. The van der Waals surface area contributed by atoms with E-state index in [-0.39, 0.29) is 12.2 Å². The van der Waals surface area contributed by atoms with Crippen LogP contribution in [-0.4, -0.2) is 20.6 Å². The molecule has 1 heterocycles. The van der Waals surface area contributed by atoms with Gasteiger partial charge in [0.05, 0.1) is 5.52 Å². The lowest BCUT2D eigenvalue weighted by Crippen LogP contribution is -2.02. The number of carbonyl (C=O) groups is 1. The number of hydrogen-bond acceptors (Lipinski definition) is 2. The number of halogens is 1. The molecule has 2 aromatic rings. The van der Waals surface area contributed by atoms with Gasteiger partial charge in [0.2, 0.25) is 0 Å². The molecule has 1 fully saturated rings. The summed E-state index contributed by atoms with van der Waals surface area (Å²) in [6.45, 7) is 0. The number of aryl methyl sites for hydroxylation is 1. The smallest absolute Gasteiger partial charge is 0.303 e. The summed E-state index contributed by atoms with van der Waals surface area (Å²) < 4.78 is 15.9.